The number of carbonyl (C=O) groups excluding carboxylic acids is 1. The SMILES string of the molecule is COCCCNC(=O)c1cc2c(=O)n3cccc(C)c3nc2n(CCCOC)c1=N. The van der Waals surface area contributed by atoms with E-state index in [2.05, 4.69) is 10.3 Å². The fourth-order valence-electron chi connectivity index (χ4n) is 3.37. The predicted molar refractivity (Wildman–Crippen MR) is 113 cm³/mol. The van der Waals surface area contributed by atoms with Crippen molar-refractivity contribution >= 4 is 22.6 Å². The van der Waals surface area contributed by atoms with E-state index in [0.29, 0.717) is 55.8 Å². The van der Waals surface area contributed by atoms with Gasteiger partial charge in [0.15, 0.2) is 0 Å². The van der Waals surface area contributed by atoms with E-state index in [1.807, 2.05) is 13.0 Å². The van der Waals surface area contributed by atoms with E-state index in [1.165, 1.54) is 10.5 Å². The molecule has 3 rings (SSSR count). The molecule has 0 aliphatic heterocycles. The molecule has 9 nitrogen and oxygen atoms in total. The molecule has 3 aromatic heterocycles. The Hall–Kier alpha value is -3.04. The lowest BCUT2D eigenvalue weighted by Crippen LogP contribution is -2.35. The Balaban J connectivity index is 2.18. The molecular weight excluding hydrogens is 386 g/mol. The van der Waals surface area contributed by atoms with Crippen LogP contribution in [-0.4, -0.2) is 53.8 Å². The summed E-state index contributed by atoms with van der Waals surface area (Å²) in [5.41, 5.74) is 1.67. The second-order valence-electron chi connectivity index (χ2n) is 7.05. The van der Waals surface area contributed by atoms with Gasteiger partial charge < -0.3 is 19.4 Å². The summed E-state index contributed by atoms with van der Waals surface area (Å²) in [4.78, 5) is 30.6. The minimum absolute atomic E-state index is 0.0210. The predicted octanol–water partition coefficient (Wildman–Crippen LogP) is 1.24. The summed E-state index contributed by atoms with van der Waals surface area (Å²) in [5.74, 6) is -0.396. The Morgan fingerprint density at radius 2 is 1.93 bits per heavy atom. The van der Waals surface area contributed by atoms with Gasteiger partial charge in [0.25, 0.3) is 11.5 Å². The quantitative estimate of drug-likeness (QED) is 0.405. The first-order chi connectivity index (χ1) is 14.5. The fraction of sp³-hybridized carbons (Fsp3) is 0.429. The van der Waals surface area contributed by atoms with Crippen LogP contribution in [0.5, 0.6) is 0 Å². The first-order valence-corrected chi connectivity index (χ1v) is 9.85. The summed E-state index contributed by atoms with van der Waals surface area (Å²) in [6, 6.07) is 5.14. The van der Waals surface area contributed by atoms with Crippen LogP contribution in [0.3, 0.4) is 0 Å². The summed E-state index contributed by atoms with van der Waals surface area (Å²) >= 11 is 0. The van der Waals surface area contributed by atoms with Gasteiger partial charge >= 0.3 is 0 Å². The summed E-state index contributed by atoms with van der Waals surface area (Å²) < 4.78 is 13.2. The van der Waals surface area contributed by atoms with Crippen LogP contribution < -0.4 is 16.4 Å². The zero-order chi connectivity index (χ0) is 21.7. The van der Waals surface area contributed by atoms with Crippen molar-refractivity contribution < 1.29 is 14.3 Å². The van der Waals surface area contributed by atoms with Gasteiger partial charge in [-0.2, -0.15) is 0 Å². The molecule has 0 atom stereocenters. The number of hydrogen-bond acceptors (Lipinski definition) is 6. The van der Waals surface area contributed by atoms with Gasteiger partial charge in [0.1, 0.15) is 16.8 Å². The van der Waals surface area contributed by atoms with Gasteiger partial charge in [-0.3, -0.25) is 19.4 Å². The Kier molecular flexibility index (Phi) is 6.96. The maximum atomic E-state index is 13.2. The smallest absolute Gasteiger partial charge is 0.267 e. The maximum absolute atomic E-state index is 13.2. The molecule has 0 aromatic carbocycles. The molecule has 1 amide bonds. The van der Waals surface area contributed by atoms with Crippen molar-refractivity contribution in [3.63, 3.8) is 0 Å². The highest BCUT2D eigenvalue weighted by Crippen LogP contribution is 2.13. The van der Waals surface area contributed by atoms with Crippen LogP contribution in [0, 0.1) is 12.3 Å². The largest absolute Gasteiger partial charge is 0.385 e. The summed E-state index contributed by atoms with van der Waals surface area (Å²) in [6.07, 6.45) is 2.94. The molecule has 0 aliphatic rings. The van der Waals surface area contributed by atoms with E-state index in [0.717, 1.165) is 5.56 Å². The zero-order valence-electron chi connectivity index (χ0n) is 17.5. The van der Waals surface area contributed by atoms with E-state index in [4.69, 9.17) is 14.9 Å². The molecule has 0 unspecified atom stereocenters. The number of carbonyl (C=O) groups is 1. The number of pyridine rings is 2. The molecule has 0 bridgehead atoms. The lowest BCUT2D eigenvalue weighted by molar-refractivity contribution is 0.0946. The lowest BCUT2D eigenvalue weighted by Gasteiger charge is -2.15. The highest BCUT2D eigenvalue weighted by Gasteiger charge is 2.17. The number of rotatable bonds is 9. The summed E-state index contributed by atoms with van der Waals surface area (Å²) in [5, 5.41) is 11.7. The van der Waals surface area contributed by atoms with E-state index in [1.54, 1.807) is 31.0 Å². The standard InChI is InChI=1S/C21H27N5O4/c1-14-7-4-9-26-18(14)24-19-16(21(26)28)13-15(20(27)23-8-5-11-29-2)17(22)25(19)10-6-12-30-3/h4,7,9,13,22H,5-6,8,10-12H2,1-3H3,(H,23,27). The number of aryl methyl sites for hydroxylation is 2. The van der Waals surface area contributed by atoms with Gasteiger partial charge in [0.05, 0.1) is 10.9 Å². The van der Waals surface area contributed by atoms with Crippen molar-refractivity contribution in [1.29, 1.82) is 5.41 Å². The third kappa shape index (κ3) is 4.27. The van der Waals surface area contributed by atoms with Crippen LogP contribution in [0.15, 0.2) is 29.2 Å². The maximum Gasteiger partial charge on any atom is 0.267 e. The monoisotopic (exact) mass is 413 g/mol. The van der Waals surface area contributed by atoms with Gasteiger partial charge in [0.2, 0.25) is 0 Å². The third-order valence-electron chi connectivity index (χ3n) is 4.92. The molecule has 160 valence electrons. The first kappa shape index (κ1) is 21.7. The normalized spacial score (nSPS) is 11.3. The topological polar surface area (TPSA) is 111 Å². The van der Waals surface area contributed by atoms with Crippen molar-refractivity contribution in [2.75, 3.05) is 34.0 Å². The highest BCUT2D eigenvalue weighted by atomic mass is 16.5. The molecule has 3 aromatic rings. The first-order valence-electron chi connectivity index (χ1n) is 9.85. The van der Waals surface area contributed by atoms with Crippen molar-refractivity contribution in [2.24, 2.45) is 0 Å². The van der Waals surface area contributed by atoms with Crippen LogP contribution in [0.2, 0.25) is 0 Å². The minimum atomic E-state index is -0.396. The lowest BCUT2D eigenvalue weighted by atomic mass is 10.2. The number of nitrogens with zero attached hydrogens (tertiary/aromatic N) is 3. The zero-order valence-corrected chi connectivity index (χ0v) is 17.5. The summed E-state index contributed by atoms with van der Waals surface area (Å²) in [6.45, 7) is 3.73. The number of methoxy groups -OCH3 is 2. The van der Waals surface area contributed by atoms with Crippen LogP contribution in [0.25, 0.3) is 16.7 Å². The van der Waals surface area contributed by atoms with Crippen LogP contribution in [0.1, 0.15) is 28.8 Å². The highest BCUT2D eigenvalue weighted by molar-refractivity contribution is 5.96. The van der Waals surface area contributed by atoms with Gasteiger partial charge in [-0.1, -0.05) is 6.07 Å². The molecule has 0 saturated carbocycles. The Bertz CT molecular complexity index is 1180. The second-order valence-corrected chi connectivity index (χ2v) is 7.05. The summed E-state index contributed by atoms with van der Waals surface area (Å²) in [7, 11) is 3.21. The van der Waals surface area contributed by atoms with Crippen LogP contribution in [-0.2, 0) is 16.0 Å². The fourth-order valence-corrected chi connectivity index (χ4v) is 3.37. The number of ether oxygens (including phenoxy) is 2. The molecular formula is C21H27N5O4. The van der Waals surface area contributed by atoms with Crippen LogP contribution in [0.4, 0.5) is 0 Å². The molecule has 0 fully saturated rings. The van der Waals surface area contributed by atoms with Crippen LogP contribution >= 0.6 is 0 Å². The number of amides is 1. The van der Waals surface area contributed by atoms with E-state index >= 15 is 0 Å². The van der Waals surface area contributed by atoms with Gasteiger partial charge in [-0.15, -0.1) is 0 Å². The molecule has 9 heteroatoms. The Morgan fingerprint density at radius 1 is 1.20 bits per heavy atom. The molecule has 0 saturated heterocycles. The number of nitrogens with one attached hydrogen (secondary N) is 2. The van der Waals surface area contributed by atoms with Crippen molar-refractivity contribution in [1.82, 2.24) is 19.3 Å². The average molecular weight is 413 g/mol. The van der Waals surface area contributed by atoms with Crippen molar-refractivity contribution in [2.45, 2.75) is 26.3 Å². The molecule has 2 N–H and O–H groups in total. The minimum Gasteiger partial charge on any atom is -0.385 e. The number of hydrogen-bond donors (Lipinski definition) is 2. The second kappa shape index (κ2) is 9.64. The van der Waals surface area contributed by atoms with E-state index in [9.17, 15) is 9.59 Å². The Labute approximate surface area is 173 Å². The van der Waals surface area contributed by atoms with Crippen molar-refractivity contribution in [3.05, 3.63) is 51.4 Å². The van der Waals surface area contributed by atoms with Gasteiger partial charge in [0, 0.05) is 46.7 Å². The molecule has 0 spiro atoms. The number of aromatic nitrogens is 3. The molecule has 0 aliphatic carbocycles. The van der Waals surface area contributed by atoms with Gasteiger partial charge in [-0.05, 0) is 37.5 Å². The van der Waals surface area contributed by atoms with Gasteiger partial charge in [-0.25, -0.2) is 4.98 Å². The average Bonchev–Trinajstić information content (AvgIpc) is 2.73. The van der Waals surface area contributed by atoms with Crippen molar-refractivity contribution in [3.8, 4) is 0 Å². The van der Waals surface area contributed by atoms with E-state index < -0.39 is 5.91 Å². The Morgan fingerprint density at radius 3 is 2.67 bits per heavy atom. The van der Waals surface area contributed by atoms with E-state index in [-0.39, 0.29) is 16.6 Å². The molecule has 0 radical (unpaired) electrons. The number of fused-ring (bicyclic) bond motifs is 2. The molecule has 3 heterocycles. The molecule has 30 heavy (non-hydrogen) atoms. The third-order valence-corrected chi connectivity index (χ3v) is 4.92.